The van der Waals surface area contributed by atoms with E-state index in [1.165, 1.54) is 43.6 Å². The van der Waals surface area contributed by atoms with Crippen LogP contribution in [0.2, 0.25) is 0 Å². The highest BCUT2D eigenvalue weighted by atomic mass is 16.4. The molecule has 24 heavy (non-hydrogen) atoms. The average molecular weight is 336 g/mol. The predicted octanol–water partition coefficient (Wildman–Crippen LogP) is 2.67. The lowest BCUT2D eigenvalue weighted by Crippen LogP contribution is -2.29. The Morgan fingerprint density at radius 1 is 1.12 bits per heavy atom. The summed E-state index contributed by atoms with van der Waals surface area (Å²) in [6.45, 7) is 5.33. The number of piperidine rings is 1. The van der Waals surface area contributed by atoms with E-state index in [1.54, 1.807) is 0 Å². The molecule has 1 aromatic rings. The molecule has 1 aliphatic rings. The third-order valence-corrected chi connectivity index (χ3v) is 4.07. The van der Waals surface area contributed by atoms with Gasteiger partial charge in [-0.2, -0.15) is 0 Å². The van der Waals surface area contributed by atoms with Crippen molar-refractivity contribution >= 4 is 17.6 Å². The molecule has 1 unspecified atom stereocenters. The van der Waals surface area contributed by atoms with Gasteiger partial charge in [0, 0.05) is 18.8 Å². The van der Waals surface area contributed by atoms with E-state index >= 15 is 0 Å². The summed E-state index contributed by atoms with van der Waals surface area (Å²) in [5, 5.41) is 15.8. The molecule has 1 aromatic carbocycles. The Bertz CT molecular complexity index is 514. The molecule has 1 heterocycles. The number of aliphatic carboxylic acids is 2. The van der Waals surface area contributed by atoms with Gasteiger partial charge in [0.2, 0.25) is 0 Å². The second-order valence-corrected chi connectivity index (χ2v) is 6.07. The van der Waals surface area contributed by atoms with Crippen LogP contribution in [0.3, 0.4) is 0 Å². The molecule has 1 aliphatic heterocycles. The molecule has 2 rings (SSSR count). The topological polar surface area (TPSA) is 104 Å². The number of hydrogen-bond donors (Lipinski definition) is 3. The van der Waals surface area contributed by atoms with Crippen LogP contribution in [0.1, 0.15) is 50.5 Å². The summed E-state index contributed by atoms with van der Waals surface area (Å²) < 4.78 is 0. The van der Waals surface area contributed by atoms with E-state index < -0.39 is 11.9 Å². The molecule has 0 bridgehead atoms. The fourth-order valence-corrected chi connectivity index (χ4v) is 2.53. The first-order valence-electron chi connectivity index (χ1n) is 8.42. The smallest absolute Gasteiger partial charge is 0.303 e. The van der Waals surface area contributed by atoms with Crippen LogP contribution in [-0.2, 0) is 9.59 Å². The fraction of sp³-hybridized carbons (Fsp3) is 0.556. The van der Waals surface area contributed by atoms with Crippen LogP contribution in [0, 0.1) is 0 Å². The zero-order valence-electron chi connectivity index (χ0n) is 14.3. The molecule has 6 nitrogen and oxygen atoms in total. The van der Waals surface area contributed by atoms with Gasteiger partial charge in [-0.25, -0.2) is 0 Å². The number of carbonyl (C=O) groups is 2. The van der Waals surface area contributed by atoms with Crippen LogP contribution < -0.4 is 10.6 Å². The lowest BCUT2D eigenvalue weighted by Gasteiger charge is -2.29. The molecule has 1 atom stereocenters. The van der Waals surface area contributed by atoms with E-state index in [2.05, 4.69) is 36.1 Å². The maximum atomic E-state index is 9.64. The number of carboxylic acid groups (broad SMARTS) is 2. The Morgan fingerprint density at radius 3 is 2.21 bits per heavy atom. The van der Waals surface area contributed by atoms with Gasteiger partial charge in [-0.05, 0) is 49.4 Å². The summed E-state index contributed by atoms with van der Waals surface area (Å²) in [6.07, 6.45) is 3.45. The summed E-state index contributed by atoms with van der Waals surface area (Å²) in [4.78, 5) is 21.8. The Labute approximate surface area is 143 Å². The first-order valence-corrected chi connectivity index (χ1v) is 8.42. The fourth-order valence-electron chi connectivity index (χ4n) is 2.53. The quantitative estimate of drug-likeness (QED) is 0.738. The van der Waals surface area contributed by atoms with Crippen LogP contribution >= 0.6 is 0 Å². The number of nitrogens with two attached hydrogens (primary N) is 1. The van der Waals surface area contributed by atoms with Gasteiger partial charge in [0.05, 0.1) is 12.8 Å². The Balaban J connectivity index is 0.000000307. The Hall–Kier alpha value is -2.08. The van der Waals surface area contributed by atoms with E-state index in [0.717, 1.165) is 6.54 Å². The summed E-state index contributed by atoms with van der Waals surface area (Å²) in [7, 11) is 0. The third-order valence-electron chi connectivity index (χ3n) is 4.07. The van der Waals surface area contributed by atoms with Gasteiger partial charge in [0.25, 0.3) is 0 Å². The third kappa shape index (κ3) is 7.46. The zero-order valence-corrected chi connectivity index (χ0v) is 14.3. The van der Waals surface area contributed by atoms with Crippen molar-refractivity contribution in [2.45, 2.75) is 44.9 Å². The van der Waals surface area contributed by atoms with Crippen molar-refractivity contribution in [1.82, 2.24) is 0 Å². The minimum Gasteiger partial charge on any atom is -0.481 e. The Morgan fingerprint density at radius 2 is 1.71 bits per heavy atom. The second-order valence-electron chi connectivity index (χ2n) is 6.07. The maximum absolute atomic E-state index is 9.64. The van der Waals surface area contributed by atoms with Crippen molar-refractivity contribution in [1.29, 1.82) is 0 Å². The van der Waals surface area contributed by atoms with Gasteiger partial charge in [-0.3, -0.25) is 9.59 Å². The van der Waals surface area contributed by atoms with Crippen molar-refractivity contribution in [2.24, 2.45) is 5.73 Å². The van der Waals surface area contributed by atoms with E-state index in [-0.39, 0.29) is 12.8 Å². The van der Waals surface area contributed by atoms with Crippen LogP contribution in [-0.4, -0.2) is 41.8 Å². The molecule has 6 heteroatoms. The van der Waals surface area contributed by atoms with Gasteiger partial charge in [-0.15, -0.1) is 0 Å². The van der Waals surface area contributed by atoms with Crippen LogP contribution in [0.5, 0.6) is 0 Å². The first kappa shape index (κ1) is 20.0. The van der Waals surface area contributed by atoms with Gasteiger partial charge in [-0.1, -0.05) is 19.1 Å². The molecular weight excluding hydrogens is 308 g/mol. The average Bonchev–Trinajstić information content (AvgIpc) is 2.60. The molecule has 0 aliphatic carbocycles. The molecule has 0 saturated carbocycles. The van der Waals surface area contributed by atoms with Crippen LogP contribution in [0.15, 0.2) is 24.3 Å². The molecule has 0 spiro atoms. The number of hydrogen-bond acceptors (Lipinski definition) is 4. The van der Waals surface area contributed by atoms with E-state index in [1.807, 2.05) is 0 Å². The van der Waals surface area contributed by atoms with E-state index in [4.69, 9.17) is 15.9 Å². The van der Waals surface area contributed by atoms with Crippen molar-refractivity contribution < 1.29 is 19.8 Å². The lowest BCUT2D eigenvalue weighted by atomic mass is 10.00. The lowest BCUT2D eigenvalue weighted by molar-refractivity contribution is -0.143. The highest BCUT2D eigenvalue weighted by molar-refractivity contribution is 5.75. The van der Waals surface area contributed by atoms with Crippen molar-refractivity contribution in [2.75, 3.05) is 24.5 Å². The zero-order chi connectivity index (χ0) is 17.9. The van der Waals surface area contributed by atoms with Crippen molar-refractivity contribution in [3.63, 3.8) is 0 Å². The molecular formula is C18H28N2O4. The standard InChI is InChI=1S/C14H22N2.C4H6O4/c1-12(11-15)13-6-5-7-14(10-13)16-8-3-2-4-9-16;5-3(6)1-2-4(7)8/h5-7,10,12H,2-4,8-9,11,15H2,1H3;1-2H2,(H,5,6)(H,7,8). The molecule has 0 radical (unpaired) electrons. The number of anilines is 1. The number of rotatable bonds is 6. The molecule has 1 fully saturated rings. The summed E-state index contributed by atoms with van der Waals surface area (Å²) in [5.74, 6) is -1.69. The van der Waals surface area contributed by atoms with Gasteiger partial charge in [0.1, 0.15) is 0 Å². The van der Waals surface area contributed by atoms with Gasteiger partial charge >= 0.3 is 11.9 Å². The summed E-state index contributed by atoms with van der Waals surface area (Å²) in [5.41, 5.74) is 8.46. The highest BCUT2D eigenvalue weighted by Gasteiger charge is 2.12. The van der Waals surface area contributed by atoms with Gasteiger partial charge in [0.15, 0.2) is 0 Å². The molecule has 0 aromatic heterocycles. The number of carboxylic acids is 2. The molecule has 134 valence electrons. The molecule has 0 amide bonds. The van der Waals surface area contributed by atoms with E-state index in [9.17, 15) is 9.59 Å². The van der Waals surface area contributed by atoms with Crippen LogP contribution in [0.4, 0.5) is 5.69 Å². The van der Waals surface area contributed by atoms with Crippen molar-refractivity contribution in [3.8, 4) is 0 Å². The minimum absolute atomic E-state index is 0.296. The molecule has 1 saturated heterocycles. The summed E-state index contributed by atoms with van der Waals surface area (Å²) >= 11 is 0. The van der Waals surface area contributed by atoms with Crippen molar-refractivity contribution in [3.05, 3.63) is 29.8 Å². The Kier molecular flexibility index (Phi) is 8.86. The minimum atomic E-state index is -1.08. The highest BCUT2D eigenvalue weighted by Crippen LogP contribution is 2.24. The monoisotopic (exact) mass is 336 g/mol. The largest absolute Gasteiger partial charge is 0.481 e. The number of nitrogens with zero attached hydrogens (tertiary/aromatic N) is 1. The molecule has 4 N–H and O–H groups in total. The predicted molar refractivity (Wildman–Crippen MR) is 94.5 cm³/mol. The normalized spacial score (nSPS) is 15.2. The second kappa shape index (κ2) is 10.6. The first-order chi connectivity index (χ1) is 11.4. The number of benzene rings is 1. The maximum Gasteiger partial charge on any atom is 0.303 e. The SMILES string of the molecule is CC(CN)c1cccc(N2CCCCC2)c1.O=C(O)CCC(=O)O. The van der Waals surface area contributed by atoms with E-state index in [0.29, 0.717) is 5.92 Å². The van der Waals surface area contributed by atoms with Crippen LogP contribution in [0.25, 0.3) is 0 Å². The summed E-state index contributed by atoms with van der Waals surface area (Å²) in [6, 6.07) is 8.87. The van der Waals surface area contributed by atoms with Gasteiger partial charge < -0.3 is 20.8 Å².